The molecule has 0 aliphatic heterocycles. The van der Waals surface area contributed by atoms with Gasteiger partial charge in [-0.25, -0.2) is 0 Å². The van der Waals surface area contributed by atoms with Crippen molar-refractivity contribution in [2.45, 2.75) is 13.0 Å². The molecule has 156 valence electrons. The number of carbonyl (C=O) groups is 1. The average Bonchev–Trinajstić information content (AvgIpc) is 3.11. The summed E-state index contributed by atoms with van der Waals surface area (Å²) in [5.74, 6) is 1.26. The van der Waals surface area contributed by atoms with Gasteiger partial charge in [-0.2, -0.15) is 0 Å². The maximum Gasteiger partial charge on any atom is 0.259 e. The quantitative estimate of drug-likeness (QED) is 0.365. The van der Waals surface area contributed by atoms with Crippen molar-refractivity contribution in [3.63, 3.8) is 0 Å². The van der Waals surface area contributed by atoms with Crippen LogP contribution in [0.25, 0.3) is 32.8 Å². The Morgan fingerprint density at radius 2 is 1.58 bits per heavy atom. The maximum absolute atomic E-state index is 13.8. The number of halogens is 1. The fraction of sp³-hybridized carbons (Fsp3) is 0.200. The predicted molar refractivity (Wildman–Crippen MR) is 123 cm³/mol. The Morgan fingerprint density at radius 3 is 2.29 bits per heavy atom. The van der Waals surface area contributed by atoms with Crippen LogP contribution in [0, 0.1) is 0 Å². The van der Waals surface area contributed by atoms with E-state index in [2.05, 4.69) is 0 Å². The summed E-state index contributed by atoms with van der Waals surface area (Å²) in [5.41, 5.74) is 2.42. The van der Waals surface area contributed by atoms with E-state index in [1.807, 2.05) is 36.4 Å². The van der Waals surface area contributed by atoms with Gasteiger partial charge in [0.05, 0.1) is 30.9 Å². The number of ether oxygens (including phenoxy) is 2. The highest BCUT2D eigenvalue weighted by atomic mass is 35.5. The Hall–Kier alpha value is -3.31. The third-order valence-corrected chi connectivity index (χ3v) is 6.20. The Bertz CT molecular complexity index is 1440. The van der Waals surface area contributed by atoms with E-state index in [1.54, 1.807) is 16.7 Å². The van der Waals surface area contributed by atoms with Crippen LogP contribution in [0.2, 0.25) is 0 Å². The van der Waals surface area contributed by atoms with Crippen LogP contribution in [0.4, 0.5) is 0 Å². The summed E-state index contributed by atoms with van der Waals surface area (Å²) in [6, 6.07) is 15.1. The number of carbonyl (C=O) groups excluding carboxylic acids is 1. The molecule has 0 atom stereocenters. The largest absolute Gasteiger partial charge is 0.493 e. The number of rotatable bonds is 5. The van der Waals surface area contributed by atoms with Crippen LogP contribution in [0.15, 0.2) is 53.3 Å². The van der Waals surface area contributed by atoms with Crippen LogP contribution in [-0.2, 0) is 6.54 Å². The van der Waals surface area contributed by atoms with E-state index in [4.69, 9.17) is 21.1 Å². The summed E-state index contributed by atoms with van der Waals surface area (Å²) in [6.07, 6.45) is 0.615. The summed E-state index contributed by atoms with van der Waals surface area (Å²) >= 11 is 5.95. The second-order valence-electron chi connectivity index (χ2n) is 7.51. The first kappa shape index (κ1) is 19.6. The van der Waals surface area contributed by atoms with E-state index in [-0.39, 0.29) is 11.3 Å². The van der Waals surface area contributed by atoms with Gasteiger partial charge in [0.15, 0.2) is 17.3 Å². The summed E-state index contributed by atoms with van der Waals surface area (Å²) in [7, 11) is 3.06. The van der Waals surface area contributed by atoms with Gasteiger partial charge < -0.3 is 14.0 Å². The number of hydrogen-bond donors (Lipinski definition) is 0. The van der Waals surface area contributed by atoms with Crippen molar-refractivity contribution in [3.05, 3.63) is 70.0 Å². The number of hydrogen-bond acceptors (Lipinski definition) is 4. The molecule has 0 N–H and O–H groups in total. The monoisotopic (exact) mass is 433 g/mol. The van der Waals surface area contributed by atoms with E-state index in [9.17, 15) is 9.59 Å². The third-order valence-electron chi connectivity index (χ3n) is 5.93. The van der Waals surface area contributed by atoms with Crippen molar-refractivity contribution < 1.29 is 14.3 Å². The fourth-order valence-corrected chi connectivity index (χ4v) is 4.67. The molecule has 0 bridgehead atoms. The van der Waals surface area contributed by atoms with E-state index < -0.39 is 0 Å². The zero-order valence-electron chi connectivity index (χ0n) is 17.2. The first-order chi connectivity index (χ1) is 15.1. The highest BCUT2D eigenvalue weighted by molar-refractivity contribution is 6.31. The smallest absolute Gasteiger partial charge is 0.259 e. The average molecular weight is 434 g/mol. The molecule has 0 saturated carbocycles. The number of nitrogens with zero attached hydrogens (tertiary/aromatic N) is 1. The lowest BCUT2D eigenvalue weighted by Gasteiger charge is -2.16. The first-order valence-electron chi connectivity index (χ1n) is 10.1. The lowest BCUT2D eigenvalue weighted by Crippen LogP contribution is -2.23. The molecule has 3 aromatic carbocycles. The van der Waals surface area contributed by atoms with Crippen molar-refractivity contribution in [2.75, 3.05) is 20.1 Å². The molecule has 0 unspecified atom stereocenters. The minimum atomic E-state index is -0.173. The highest BCUT2D eigenvalue weighted by Crippen LogP contribution is 2.44. The third kappa shape index (κ3) is 2.77. The molecule has 1 heterocycles. The molecule has 1 aliphatic carbocycles. The van der Waals surface area contributed by atoms with Crippen LogP contribution in [-0.4, -0.2) is 30.4 Å². The van der Waals surface area contributed by atoms with Crippen LogP contribution < -0.4 is 15.0 Å². The summed E-state index contributed by atoms with van der Waals surface area (Å²) in [6.45, 7) is 0.425. The van der Waals surface area contributed by atoms with E-state index in [0.29, 0.717) is 57.9 Å². The Labute approximate surface area is 183 Å². The van der Waals surface area contributed by atoms with Gasteiger partial charge in [-0.3, -0.25) is 9.59 Å². The molecule has 4 aromatic rings. The topological polar surface area (TPSA) is 57.5 Å². The van der Waals surface area contributed by atoms with Gasteiger partial charge in [0.1, 0.15) is 0 Å². The van der Waals surface area contributed by atoms with Crippen molar-refractivity contribution in [1.29, 1.82) is 0 Å². The molecule has 1 aromatic heterocycles. The van der Waals surface area contributed by atoms with Crippen molar-refractivity contribution in [2.24, 2.45) is 0 Å². The van der Waals surface area contributed by atoms with E-state index in [0.717, 1.165) is 16.3 Å². The molecule has 5 nitrogen and oxygen atoms in total. The van der Waals surface area contributed by atoms with Crippen molar-refractivity contribution in [1.82, 2.24) is 4.57 Å². The number of fused-ring (bicyclic) bond motifs is 7. The zero-order valence-corrected chi connectivity index (χ0v) is 18.0. The minimum absolute atomic E-state index is 0.0846. The highest BCUT2D eigenvalue weighted by Gasteiger charge is 2.34. The molecular weight excluding hydrogens is 414 g/mol. The molecule has 0 fully saturated rings. The van der Waals surface area contributed by atoms with Gasteiger partial charge in [0.2, 0.25) is 0 Å². The second-order valence-corrected chi connectivity index (χ2v) is 7.89. The van der Waals surface area contributed by atoms with Gasteiger partial charge in [-0.15, -0.1) is 11.6 Å². The van der Waals surface area contributed by atoms with Crippen LogP contribution in [0.5, 0.6) is 11.5 Å². The molecule has 1 aliphatic rings. The summed E-state index contributed by atoms with van der Waals surface area (Å²) in [5, 5.41) is 2.87. The molecule has 0 amide bonds. The minimum Gasteiger partial charge on any atom is -0.493 e. The van der Waals surface area contributed by atoms with E-state index >= 15 is 0 Å². The van der Waals surface area contributed by atoms with Crippen LogP contribution >= 0.6 is 11.6 Å². The van der Waals surface area contributed by atoms with Crippen LogP contribution in [0.3, 0.4) is 0 Å². The Balaban J connectivity index is 1.94. The zero-order chi connectivity index (χ0) is 21.7. The summed E-state index contributed by atoms with van der Waals surface area (Å²) < 4.78 is 12.6. The molecule has 0 saturated heterocycles. The van der Waals surface area contributed by atoms with Crippen molar-refractivity contribution >= 4 is 38.9 Å². The van der Waals surface area contributed by atoms with Gasteiger partial charge in [0.25, 0.3) is 5.56 Å². The summed E-state index contributed by atoms with van der Waals surface area (Å²) in [4.78, 5) is 27.3. The number of ketones is 1. The van der Waals surface area contributed by atoms with Crippen LogP contribution in [0.1, 0.15) is 22.3 Å². The predicted octanol–water partition coefficient (Wildman–Crippen LogP) is 5.01. The number of pyridine rings is 1. The lowest BCUT2D eigenvalue weighted by molar-refractivity contribution is 0.104. The number of aromatic nitrogens is 1. The number of benzene rings is 3. The van der Waals surface area contributed by atoms with E-state index in [1.165, 1.54) is 14.2 Å². The fourth-order valence-electron chi connectivity index (χ4n) is 4.55. The Kier molecular flexibility index (Phi) is 4.71. The van der Waals surface area contributed by atoms with Crippen molar-refractivity contribution in [3.8, 4) is 22.8 Å². The second kappa shape index (κ2) is 7.43. The number of alkyl halides is 1. The molecule has 5 rings (SSSR count). The van der Waals surface area contributed by atoms with Gasteiger partial charge in [-0.1, -0.05) is 36.4 Å². The lowest BCUT2D eigenvalue weighted by atomic mass is 9.99. The molecule has 0 radical (unpaired) electrons. The molecular formula is C25H20ClNO4. The normalized spacial score (nSPS) is 12.3. The Morgan fingerprint density at radius 1 is 0.871 bits per heavy atom. The SMILES string of the molecule is COc1cc2c3c(n(CCCCl)c(=O)c2cc1OC)-c1ccc2ccccc2c1C3=O. The molecule has 31 heavy (non-hydrogen) atoms. The molecule has 0 spiro atoms. The number of methoxy groups -OCH3 is 2. The van der Waals surface area contributed by atoms with Gasteiger partial charge in [-0.05, 0) is 29.3 Å². The first-order valence-corrected chi connectivity index (χ1v) is 10.6. The standard InChI is InChI=1S/C25H20ClNO4/c1-30-19-12-17-18(13-20(19)31-2)25(29)27(11-5-10-26)23-16-9-8-14-6-3-4-7-15(14)21(16)24(28)22(17)23/h3-4,6-9,12-13H,5,10-11H2,1-2H3. The van der Waals surface area contributed by atoms with Gasteiger partial charge >= 0.3 is 0 Å². The maximum atomic E-state index is 13.8. The molecule has 6 heteroatoms. The van der Waals surface area contributed by atoms with Gasteiger partial charge in [0, 0.05) is 28.9 Å².